The number of rotatable bonds is 4. The molecule has 4 heteroatoms. The molecule has 0 aliphatic rings. The molecule has 2 aromatic carbocycles. The number of anilines is 2. The fraction of sp³-hybridized carbons (Fsp3) is 0.133. The van der Waals surface area contributed by atoms with Crippen LogP contribution >= 0.6 is 11.6 Å². The molecule has 2 aromatic rings. The largest absolute Gasteiger partial charge is 0.492 e. The van der Waals surface area contributed by atoms with E-state index < -0.39 is 0 Å². The second-order valence-corrected chi connectivity index (χ2v) is 4.29. The van der Waals surface area contributed by atoms with Gasteiger partial charge in [0.15, 0.2) is 0 Å². The molecule has 0 saturated heterocycles. The van der Waals surface area contributed by atoms with Crippen LogP contribution in [0.25, 0.3) is 0 Å². The van der Waals surface area contributed by atoms with Gasteiger partial charge in [0.05, 0.1) is 23.5 Å². The number of ether oxygens (including phenoxy) is 1. The third-order valence-electron chi connectivity index (χ3n) is 2.56. The Morgan fingerprint density at radius 1 is 1.21 bits per heavy atom. The summed E-state index contributed by atoms with van der Waals surface area (Å²) in [6.07, 6.45) is 0. The first kappa shape index (κ1) is 13.3. The number of halogens is 1. The summed E-state index contributed by atoms with van der Waals surface area (Å²) in [6, 6.07) is 14.8. The van der Waals surface area contributed by atoms with Crippen molar-refractivity contribution in [1.82, 2.24) is 0 Å². The Morgan fingerprint density at radius 3 is 2.74 bits per heavy atom. The van der Waals surface area contributed by atoms with Gasteiger partial charge in [-0.1, -0.05) is 23.7 Å². The Bertz CT molecular complexity index is 620. The number of nitrogens with zero attached hydrogens (tertiary/aromatic N) is 1. The van der Waals surface area contributed by atoms with E-state index in [0.717, 1.165) is 11.4 Å². The molecule has 0 atom stereocenters. The van der Waals surface area contributed by atoms with E-state index in [9.17, 15) is 0 Å². The van der Waals surface area contributed by atoms with Crippen molar-refractivity contribution in [2.45, 2.75) is 6.92 Å². The molecule has 1 N–H and O–H groups in total. The maximum absolute atomic E-state index is 9.10. The highest BCUT2D eigenvalue weighted by Crippen LogP contribution is 2.30. The molecule has 0 radical (unpaired) electrons. The highest BCUT2D eigenvalue weighted by Gasteiger charge is 2.07. The summed E-state index contributed by atoms with van der Waals surface area (Å²) in [5.41, 5.74) is 2.01. The van der Waals surface area contributed by atoms with Gasteiger partial charge in [-0.05, 0) is 37.3 Å². The predicted octanol–water partition coefficient (Wildman–Crippen LogP) is 4.35. The quantitative estimate of drug-likeness (QED) is 0.900. The number of hydrogen-bond acceptors (Lipinski definition) is 3. The minimum absolute atomic E-state index is 0.538. The summed E-state index contributed by atoms with van der Waals surface area (Å²) in [5.74, 6) is 0.744. The summed E-state index contributed by atoms with van der Waals surface area (Å²) < 4.78 is 5.53. The highest BCUT2D eigenvalue weighted by molar-refractivity contribution is 6.30. The summed E-state index contributed by atoms with van der Waals surface area (Å²) in [5, 5.41) is 12.9. The Balaban J connectivity index is 2.36. The van der Waals surface area contributed by atoms with E-state index >= 15 is 0 Å². The standard InChI is InChI=1S/C15H13ClN2O/c1-2-19-15-6-4-3-5-13(15)18-14-9-12(16)8-7-11(14)10-17/h3-9,18H,2H2,1H3. The maximum atomic E-state index is 9.10. The average Bonchev–Trinajstić information content (AvgIpc) is 2.42. The first-order valence-electron chi connectivity index (χ1n) is 5.93. The lowest BCUT2D eigenvalue weighted by molar-refractivity contribution is 0.342. The van der Waals surface area contributed by atoms with E-state index in [0.29, 0.717) is 22.9 Å². The second-order valence-electron chi connectivity index (χ2n) is 3.86. The van der Waals surface area contributed by atoms with Gasteiger partial charge in [0.1, 0.15) is 11.8 Å². The van der Waals surface area contributed by atoms with E-state index in [1.54, 1.807) is 18.2 Å². The zero-order valence-corrected chi connectivity index (χ0v) is 11.2. The number of para-hydroxylation sites is 2. The summed E-state index contributed by atoms with van der Waals surface area (Å²) in [7, 11) is 0. The van der Waals surface area contributed by atoms with Crippen LogP contribution in [0.2, 0.25) is 5.02 Å². The molecule has 0 heterocycles. The number of benzene rings is 2. The zero-order chi connectivity index (χ0) is 13.7. The van der Waals surface area contributed by atoms with Gasteiger partial charge in [-0.25, -0.2) is 0 Å². The molecule has 0 saturated carbocycles. The highest BCUT2D eigenvalue weighted by atomic mass is 35.5. The smallest absolute Gasteiger partial charge is 0.142 e. The van der Waals surface area contributed by atoms with Crippen molar-refractivity contribution < 1.29 is 4.74 Å². The third-order valence-corrected chi connectivity index (χ3v) is 2.79. The number of nitriles is 1. The summed E-state index contributed by atoms with van der Waals surface area (Å²) in [4.78, 5) is 0. The van der Waals surface area contributed by atoms with Gasteiger partial charge in [0.25, 0.3) is 0 Å². The molecule has 3 nitrogen and oxygen atoms in total. The Hall–Kier alpha value is -2.18. The van der Waals surface area contributed by atoms with Crippen molar-refractivity contribution in [1.29, 1.82) is 5.26 Å². The van der Waals surface area contributed by atoms with Gasteiger partial charge in [0, 0.05) is 5.02 Å². The van der Waals surface area contributed by atoms with Crippen LogP contribution in [0.3, 0.4) is 0 Å². The van der Waals surface area contributed by atoms with Crippen LogP contribution in [0, 0.1) is 11.3 Å². The molecule has 19 heavy (non-hydrogen) atoms. The normalized spacial score (nSPS) is 9.74. The van der Waals surface area contributed by atoms with Crippen molar-refractivity contribution in [3.8, 4) is 11.8 Å². The van der Waals surface area contributed by atoms with Gasteiger partial charge in [-0.2, -0.15) is 5.26 Å². The summed E-state index contributed by atoms with van der Waals surface area (Å²) in [6.45, 7) is 2.51. The van der Waals surface area contributed by atoms with Crippen molar-refractivity contribution >= 4 is 23.0 Å². The molecule has 0 bridgehead atoms. The number of hydrogen-bond donors (Lipinski definition) is 1. The van der Waals surface area contributed by atoms with Gasteiger partial charge in [-0.15, -0.1) is 0 Å². The van der Waals surface area contributed by atoms with E-state index in [1.165, 1.54) is 0 Å². The molecule has 0 spiro atoms. The molecular weight excluding hydrogens is 260 g/mol. The first-order valence-corrected chi connectivity index (χ1v) is 6.31. The van der Waals surface area contributed by atoms with E-state index in [4.69, 9.17) is 21.6 Å². The van der Waals surface area contributed by atoms with Gasteiger partial charge in [-0.3, -0.25) is 0 Å². The van der Waals surface area contributed by atoms with Crippen LogP contribution < -0.4 is 10.1 Å². The molecular formula is C15H13ClN2O. The molecule has 0 aliphatic heterocycles. The lowest BCUT2D eigenvalue weighted by Gasteiger charge is -2.13. The molecule has 2 rings (SSSR count). The molecule has 96 valence electrons. The van der Waals surface area contributed by atoms with Crippen LogP contribution in [-0.4, -0.2) is 6.61 Å². The minimum Gasteiger partial charge on any atom is -0.492 e. The van der Waals surface area contributed by atoms with Crippen molar-refractivity contribution in [3.05, 3.63) is 53.1 Å². The molecule has 0 aliphatic carbocycles. The Morgan fingerprint density at radius 2 is 2.00 bits per heavy atom. The van der Waals surface area contributed by atoms with E-state index in [-0.39, 0.29) is 0 Å². The monoisotopic (exact) mass is 272 g/mol. The van der Waals surface area contributed by atoms with Crippen LogP contribution in [0.15, 0.2) is 42.5 Å². The van der Waals surface area contributed by atoms with Crippen molar-refractivity contribution in [3.63, 3.8) is 0 Å². The van der Waals surface area contributed by atoms with Crippen LogP contribution in [0.5, 0.6) is 5.75 Å². The lowest BCUT2D eigenvalue weighted by atomic mass is 10.2. The summed E-state index contributed by atoms with van der Waals surface area (Å²) >= 11 is 5.96. The van der Waals surface area contributed by atoms with Crippen LogP contribution in [0.4, 0.5) is 11.4 Å². The molecule has 0 aromatic heterocycles. The van der Waals surface area contributed by atoms with Crippen molar-refractivity contribution in [2.24, 2.45) is 0 Å². The van der Waals surface area contributed by atoms with Gasteiger partial charge in [0.2, 0.25) is 0 Å². The van der Waals surface area contributed by atoms with E-state index in [2.05, 4.69) is 11.4 Å². The maximum Gasteiger partial charge on any atom is 0.142 e. The minimum atomic E-state index is 0.538. The Kier molecular flexibility index (Phi) is 4.27. The van der Waals surface area contributed by atoms with E-state index in [1.807, 2.05) is 31.2 Å². The predicted molar refractivity (Wildman–Crippen MR) is 77.1 cm³/mol. The molecule has 0 unspecified atom stereocenters. The Labute approximate surface area is 117 Å². The molecule has 0 amide bonds. The third kappa shape index (κ3) is 3.18. The first-order chi connectivity index (χ1) is 9.24. The SMILES string of the molecule is CCOc1ccccc1Nc1cc(Cl)ccc1C#N. The topological polar surface area (TPSA) is 45.0 Å². The van der Waals surface area contributed by atoms with Crippen LogP contribution in [0.1, 0.15) is 12.5 Å². The fourth-order valence-electron chi connectivity index (χ4n) is 1.71. The average molecular weight is 273 g/mol. The fourth-order valence-corrected chi connectivity index (χ4v) is 1.89. The zero-order valence-electron chi connectivity index (χ0n) is 10.5. The van der Waals surface area contributed by atoms with Crippen LogP contribution in [-0.2, 0) is 0 Å². The molecule has 0 fully saturated rings. The number of nitrogens with one attached hydrogen (secondary N) is 1. The lowest BCUT2D eigenvalue weighted by Crippen LogP contribution is -1.99. The van der Waals surface area contributed by atoms with Crippen molar-refractivity contribution in [2.75, 3.05) is 11.9 Å². The van der Waals surface area contributed by atoms with Gasteiger partial charge >= 0.3 is 0 Å². The second kappa shape index (κ2) is 6.12. The van der Waals surface area contributed by atoms with Gasteiger partial charge < -0.3 is 10.1 Å².